The highest BCUT2D eigenvalue weighted by Gasteiger charge is 2.38. The van der Waals surface area contributed by atoms with Crippen LogP contribution in [0.2, 0.25) is 10.0 Å². The maximum absolute atomic E-state index is 12.3. The number of fused-ring (bicyclic) bond motifs is 1. The SMILES string of the molecule is CN1/C(=C\C=C2\N=C(c3ccc(Cl)cc3Cl)OC2=O)C(C)(C)c2ccccc21. The number of para-hydroxylation sites is 1. The summed E-state index contributed by atoms with van der Waals surface area (Å²) in [6.07, 6.45) is 3.62. The number of halogens is 2. The van der Waals surface area contributed by atoms with Gasteiger partial charge in [-0.25, -0.2) is 9.79 Å². The molecule has 2 aromatic rings. The van der Waals surface area contributed by atoms with Gasteiger partial charge in [0.2, 0.25) is 5.90 Å². The van der Waals surface area contributed by atoms with Gasteiger partial charge in [0.05, 0.1) is 10.6 Å². The summed E-state index contributed by atoms with van der Waals surface area (Å²) in [6, 6.07) is 13.2. The van der Waals surface area contributed by atoms with E-state index in [-0.39, 0.29) is 17.0 Å². The molecule has 4 nitrogen and oxygen atoms in total. The van der Waals surface area contributed by atoms with E-state index in [2.05, 4.69) is 35.9 Å². The second kappa shape index (κ2) is 6.80. The van der Waals surface area contributed by atoms with Crippen LogP contribution in [0.15, 0.2) is 71.0 Å². The van der Waals surface area contributed by atoms with Crippen molar-refractivity contribution in [1.82, 2.24) is 0 Å². The molecule has 28 heavy (non-hydrogen) atoms. The summed E-state index contributed by atoms with van der Waals surface area (Å²) in [5.74, 6) is -0.326. The van der Waals surface area contributed by atoms with Gasteiger partial charge in [-0.1, -0.05) is 55.2 Å². The number of carbonyl (C=O) groups excluding carboxylic acids is 1. The van der Waals surface area contributed by atoms with Crippen LogP contribution in [0, 0.1) is 0 Å². The zero-order valence-electron chi connectivity index (χ0n) is 15.7. The predicted octanol–water partition coefficient (Wildman–Crippen LogP) is 5.49. The van der Waals surface area contributed by atoms with Crippen LogP contribution in [-0.4, -0.2) is 18.9 Å². The Kier molecular flexibility index (Phi) is 4.56. The monoisotopic (exact) mass is 412 g/mol. The molecule has 0 aromatic heterocycles. The molecule has 0 saturated carbocycles. The molecule has 2 aromatic carbocycles. The number of benzene rings is 2. The molecule has 0 atom stereocenters. The van der Waals surface area contributed by atoms with Crippen LogP contribution < -0.4 is 4.90 Å². The maximum atomic E-state index is 12.3. The first-order valence-electron chi connectivity index (χ1n) is 8.81. The topological polar surface area (TPSA) is 41.9 Å². The first kappa shape index (κ1) is 18.8. The average Bonchev–Trinajstić information content (AvgIpc) is 3.10. The number of ether oxygens (including phenoxy) is 1. The van der Waals surface area contributed by atoms with Gasteiger partial charge in [-0.2, -0.15) is 0 Å². The maximum Gasteiger partial charge on any atom is 0.363 e. The number of esters is 1. The molecule has 2 aliphatic rings. The normalized spacial score (nSPS) is 20.5. The second-order valence-corrected chi connectivity index (χ2v) is 8.08. The van der Waals surface area contributed by atoms with E-state index in [1.807, 2.05) is 25.3 Å². The molecule has 0 N–H and O–H groups in total. The number of rotatable bonds is 2. The van der Waals surface area contributed by atoms with Gasteiger partial charge < -0.3 is 9.64 Å². The van der Waals surface area contributed by atoms with Crippen LogP contribution in [-0.2, 0) is 14.9 Å². The standard InChI is InChI=1S/C22H18Cl2N2O2/c1-22(2)15-6-4-5-7-18(15)26(3)19(22)11-10-17-21(27)28-20(25-17)14-9-8-13(23)12-16(14)24/h4-12H,1-3H3/b17-10+,19-11-. The van der Waals surface area contributed by atoms with Crippen LogP contribution in [0.1, 0.15) is 25.0 Å². The highest BCUT2D eigenvalue weighted by atomic mass is 35.5. The van der Waals surface area contributed by atoms with E-state index < -0.39 is 5.97 Å². The van der Waals surface area contributed by atoms with Gasteiger partial charge in [-0.3, -0.25) is 0 Å². The molecule has 0 unspecified atom stereocenters. The van der Waals surface area contributed by atoms with E-state index in [0.29, 0.717) is 15.6 Å². The molecule has 0 aliphatic carbocycles. The van der Waals surface area contributed by atoms with Crippen molar-refractivity contribution in [3.8, 4) is 0 Å². The van der Waals surface area contributed by atoms with Gasteiger partial charge in [0.25, 0.3) is 0 Å². The molecule has 0 spiro atoms. The molecular formula is C22H18Cl2N2O2. The molecule has 0 fully saturated rings. The lowest BCUT2D eigenvalue weighted by molar-refractivity contribution is -0.130. The number of hydrogen-bond donors (Lipinski definition) is 0. The molecule has 0 radical (unpaired) electrons. The number of carbonyl (C=O) groups is 1. The van der Waals surface area contributed by atoms with Crippen molar-refractivity contribution in [3.05, 3.63) is 87.2 Å². The van der Waals surface area contributed by atoms with Gasteiger partial charge in [-0.05, 0) is 42.0 Å². The van der Waals surface area contributed by atoms with E-state index in [1.165, 1.54) is 5.56 Å². The molecule has 0 saturated heterocycles. The first-order chi connectivity index (χ1) is 13.3. The van der Waals surface area contributed by atoms with Crippen LogP contribution in [0.3, 0.4) is 0 Å². The van der Waals surface area contributed by atoms with E-state index in [0.717, 1.165) is 11.4 Å². The summed E-state index contributed by atoms with van der Waals surface area (Å²) in [5.41, 5.74) is 4.05. The number of aliphatic imine (C=N–C) groups is 1. The summed E-state index contributed by atoms with van der Waals surface area (Å²) >= 11 is 12.1. The Bertz CT molecular complexity index is 1080. The first-order valence-corrected chi connectivity index (χ1v) is 9.56. The molecule has 2 heterocycles. The number of likely N-dealkylation sites (N-methyl/N-ethyl adjacent to an activating group) is 1. The summed E-state index contributed by atoms with van der Waals surface area (Å²) < 4.78 is 5.31. The highest BCUT2D eigenvalue weighted by Crippen LogP contribution is 2.46. The van der Waals surface area contributed by atoms with Gasteiger partial charge in [0, 0.05) is 28.9 Å². The van der Waals surface area contributed by atoms with E-state index in [9.17, 15) is 4.79 Å². The fraction of sp³-hybridized carbons (Fsp3) is 0.182. The molecule has 6 heteroatoms. The van der Waals surface area contributed by atoms with Gasteiger partial charge >= 0.3 is 5.97 Å². The summed E-state index contributed by atoms with van der Waals surface area (Å²) in [5, 5.41) is 0.885. The Balaban J connectivity index is 1.70. The zero-order valence-corrected chi connectivity index (χ0v) is 17.2. The number of allylic oxidation sites excluding steroid dienone is 3. The second-order valence-electron chi connectivity index (χ2n) is 7.24. The average molecular weight is 413 g/mol. The lowest BCUT2D eigenvalue weighted by Gasteiger charge is -2.23. The summed E-state index contributed by atoms with van der Waals surface area (Å²) in [4.78, 5) is 18.7. The Morgan fingerprint density at radius 3 is 2.57 bits per heavy atom. The fourth-order valence-corrected chi connectivity index (χ4v) is 4.15. The van der Waals surface area contributed by atoms with Crippen molar-refractivity contribution in [1.29, 1.82) is 0 Å². The van der Waals surface area contributed by atoms with E-state index >= 15 is 0 Å². The van der Waals surface area contributed by atoms with Crippen molar-refractivity contribution in [2.75, 3.05) is 11.9 Å². The molecule has 0 amide bonds. The number of cyclic esters (lactones) is 1. The van der Waals surface area contributed by atoms with Gasteiger partial charge in [0.1, 0.15) is 0 Å². The number of nitrogens with zero attached hydrogens (tertiary/aromatic N) is 2. The molecule has 142 valence electrons. The van der Waals surface area contributed by atoms with Crippen molar-refractivity contribution in [3.63, 3.8) is 0 Å². The minimum atomic E-state index is -0.506. The Hall–Kier alpha value is -2.56. The van der Waals surface area contributed by atoms with Crippen molar-refractivity contribution in [2.24, 2.45) is 4.99 Å². The fourth-order valence-electron chi connectivity index (χ4n) is 3.66. The summed E-state index contributed by atoms with van der Waals surface area (Å²) in [7, 11) is 2.02. The zero-order chi connectivity index (χ0) is 20.1. The lowest BCUT2D eigenvalue weighted by Crippen LogP contribution is -2.22. The van der Waals surface area contributed by atoms with Crippen LogP contribution >= 0.6 is 23.2 Å². The minimum Gasteiger partial charge on any atom is -0.402 e. The van der Waals surface area contributed by atoms with Crippen LogP contribution in [0.5, 0.6) is 0 Å². The van der Waals surface area contributed by atoms with Crippen molar-refractivity contribution < 1.29 is 9.53 Å². The van der Waals surface area contributed by atoms with Crippen LogP contribution in [0.4, 0.5) is 5.69 Å². The lowest BCUT2D eigenvalue weighted by atomic mass is 9.84. The molecule has 2 aliphatic heterocycles. The third-order valence-electron chi connectivity index (χ3n) is 5.12. The Labute approximate surface area is 173 Å². The largest absolute Gasteiger partial charge is 0.402 e. The van der Waals surface area contributed by atoms with E-state index in [4.69, 9.17) is 27.9 Å². The van der Waals surface area contributed by atoms with Crippen LogP contribution in [0.25, 0.3) is 0 Å². The van der Waals surface area contributed by atoms with Gasteiger partial charge in [-0.15, -0.1) is 0 Å². The Morgan fingerprint density at radius 2 is 1.86 bits per heavy atom. The van der Waals surface area contributed by atoms with Gasteiger partial charge in [0.15, 0.2) is 5.70 Å². The van der Waals surface area contributed by atoms with Crippen molar-refractivity contribution >= 4 is 40.8 Å². The van der Waals surface area contributed by atoms with E-state index in [1.54, 1.807) is 24.3 Å². The predicted molar refractivity (Wildman–Crippen MR) is 113 cm³/mol. The third-order valence-corrected chi connectivity index (χ3v) is 5.67. The number of anilines is 1. The highest BCUT2D eigenvalue weighted by molar-refractivity contribution is 6.37. The molecule has 4 rings (SSSR count). The molecule has 0 bridgehead atoms. The number of hydrogen-bond acceptors (Lipinski definition) is 4. The quantitative estimate of drug-likeness (QED) is 0.483. The molecular weight excluding hydrogens is 395 g/mol. The van der Waals surface area contributed by atoms with Crippen molar-refractivity contribution in [2.45, 2.75) is 19.3 Å². The smallest absolute Gasteiger partial charge is 0.363 e. The minimum absolute atomic E-state index is 0.179. The Morgan fingerprint density at radius 1 is 1.11 bits per heavy atom. The third kappa shape index (κ3) is 3.03. The summed E-state index contributed by atoms with van der Waals surface area (Å²) in [6.45, 7) is 4.32.